The highest BCUT2D eigenvalue weighted by molar-refractivity contribution is 5.85. The quantitative estimate of drug-likeness (QED) is 0.740. The molecule has 5 rings (SSSR count). The Hall–Kier alpha value is -2.91. The summed E-state index contributed by atoms with van der Waals surface area (Å²) in [6.45, 7) is 2.21. The van der Waals surface area contributed by atoms with Gasteiger partial charge in [-0.1, -0.05) is 78.9 Å². The Bertz CT molecular complexity index is 1060. The highest BCUT2D eigenvalue weighted by Crippen LogP contribution is 2.51. The first kappa shape index (κ1) is 18.1. The van der Waals surface area contributed by atoms with E-state index in [0.717, 1.165) is 18.4 Å². The fourth-order valence-electron chi connectivity index (χ4n) is 5.31. The minimum absolute atomic E-state index is 0.0363. The molecule has 146 valence electrons. The maximum Gasteiger partial charge on any atom is 0.241 e. The Morgan fingerprint density at radius 1 is 1.00 bits per heavy atom. The molecule has 2 bridgehead atoms. The average molecular weight is 383 g/mol. The number of benzene rings is 3. The zero-order valence-electron chi connectivity index (χ0n) is 16.7. The number of amides is 1. The Morgan fingerprint density at radius 2 is 1.66 bits per heavy atom. The summed E-state index contributed by atoms with van der Waals surface area (Å²) >= 11 is 0. The van der Waals surface area contributed by atoms with Gasteiger partial charge in [0.2, 0.25) is 5.91 Å². The Labute approximate surface area is 172 Å². The molecule has 3 aromatic rings. The minimum atomic E-state index is -0.547. The third-order valence-electron chi connectivity index (χ3n) is 6.66. The molecule has 0 spiro atoms. The first-order chi connectivity index (χ1) is 14.1. The molecule has 3 nitrogen and oxygen atoms in total. The van der Waals surface area contributed by atoms with Gasteiger partial charge in [-0.15, -0.1) is 0 Å². The normalized spacial score (nSPS) is 23.1. The Kier molecular flexibility index (Phi) is 4.29. The largest absolute Gasteiger partial charge is 0.324 e. The van der Waals surface area contributed by atoms with Crippen molar-refractivity contribution in [1.82, 2.24) is 4.90 Å². The van der Waals surface area contributed by atoms with E-state index in [4.69, 9.17) is 5.73 Å². The molecule has 3 heteroatoms. The van der Waals surface area contributed by atoms with Gasteiger partial charge in [0.15, 0.2) is 0 Å². The van der Waals surface area contributed by atoms with E-state index in [2.05, 4.69) is 60.4 Å². The number of hydrogen-bond donors (Lipinski definition) is 1. The summed E-state index contributed by atoms with van der Waals surface area (Å²) in [5, 5.41) is 0. The van der Waals surface area contributed by atoms with Crippen molar-refractivity contribution in [1.29, 1.82) is 0 Å². The van der Waals surface area contributed by atoms with Crippen LogP contribution >= 0.6 is 0 Å². The molecular formula is C26H26N2O. The molecule has 3 aromatic carbocycles. The molecule has 0 saturated heterocycles. The van der Waals surface area contributed by atoms with Crippen LogP contribution < -0.4 is 5.73 Å². The van der Waals surface area contributed by atoms with Gasteiger partial charge in [-0.05, 0) is 54.0 Å². The van der Waals surface area contributed by atoms with Gasteiger partial charge in [-0.25, -0.2) is 0 Å². The third kappa shape index (κ3) is 2.89. The molecule has 0 fully saturated rings. The van der Waals surface area contributed by atoms with Gasteiger partial charge in [0.05, 0.1) is 17.6 Å². The molecule has 1 amide bonds. The van der Waals surface area contributed by atoms with Crippen LogP contribution in [0.15, 0.2) is 78.9 Å². The van der Waals surface area contributed by atoms with Crippen molar-refractivity contribution in [2.75, 3.05) is 0 Å². The zero-order chi connectivity index (χ0) is 20.0. The zero-order valence-corrected chi connectivity index (χ0v) is 16.7. The molecule has 2 aliphatic heterocycles. The monoisotopic (exact) mass is 382 g/mol. The van der Waals surface area contributed by atoms with E-state index in [-0.39, 0.29) is 17.5 Å². The lowest BCUT2D eigenvalue weighted by Gasteiger charge is -2.39. The van der Waals surface area contributed by atoms with E-state index < -0.39 is 6.04 Å². The van der Waals surface area contributed by atoms with Crippen LogP contribution in [0.2, 0.25) is 0 Å². The predicted octanol–water partition coefficient (Wildman–Crippen LogP) is 4.15. The van der Waals surface area contributed by atoms with E-state index in [1.165, 1.54) is 22.3 Å². The topological polar surface area (TPSA) is 46.3 Å². The van der Waals surface area contributed by atoms with Crippen molar-refractivity contribution < 1.29 is 4.79 Å². The summed E-state index contributed by atoms with van der Waals surface area (Å²) in [5.74, 6) is 0.0466. The maximum absolute atomic E-state index is 13.7. The van der Waals surface area contributed by atoms with Gasteiger partial charge >= 0.3 is 0 Å². The second-order valence-electron chi connectivity index (χ2n) is 8.53. The van der Waals surface area contributed by atoms with Crippen molar-refractivity contribution in [2.24, 2.45) is 5.73 Å². The van der Waals surface area contributed by atoms with E-state index >= 15 is 0 Å². The lowest BCUT2D eigenvalue weighted by atomic mass is 9.82. The lowest BCUT2D eigenvalue weighted by molar-refractivity contribution is -0.141. The number of rotatable bonds is 3. The standard InChI is InChI=1S/C26H26N2O/c1-26-17-20-12-6-5-11-19(20)16-24(21-13-7-8-14-22(21)26)28(26)25(29)23(27)15-18-9-3-2-4-10-18/h2-14,23-24H,15-17,27H2,1H3/t23-,24?,26?/m0/s1. The molecular weight excluding hydrogens is 356 g/mol. The molecule has 0 saturated carbocycles. The molecule has 2 aliphatic rings. The number of carbonyl (C=O) groups excluding carboxylic acids is 1. The number of hydrogen-bond acceptors (Lipinski definition) is 2. The summed E-state index contributed by atoms with van der Waals surface area (Å²) in [4.78, 5) is 15.8. The fourth-order valence-corrected chi connectivity index (χ4v) is 5.31. The van der Waals surface area contributed by atoms with Crippen molar-refractivity contribution in [3.63, 3.8) is 0 Å². The van der Waals surface area contributed by atoms with Crippen molar-refractivity contribution in [2.45, 2.75) is 43.8 Å². The highest BCUT2D eigenvalue weighted by Gasteiger charge is 2.51. The third-order valence-corrected chi connectivity index (χ3v) is 6.66. The average Bonchev–Trinajstić information content (AvgIpc) is 2.88. The predicted molar refractivity (Wildman–Crippen MR) is 115 cm³/mol. The van der Waals surface area contributed by atoms with Crippen LogP contribution in [0.1, 0.15) is 40.8 Å². The van der Waals surface area contributed by atoms with Crippen molar-refractivity contribution in [3.8, 4) is 0 Å². The van der Waals surface area contributed by atoms with Crippen LogP contribution in [0.5, 0.6) is 0 Å². The molecule has 2 unspecified atom stereocenters. The van der Waals surface area contributed by atoms with Crippen LogP contribution in [0.25, 0.3) is 0 Å². The second kappa shape index (κ2) is 6.85. The maximum atomic E-state index is 13.7. The van der Waals surface area contributed by atoms with Crippen LogP contribution in [0.3, 0.4) is 0 Å². The summed E-state index contributed by atoms with van der Waals surface area (Å²) in [6, 6.07) is 26.7. The Balaban J connectivity index is 1.55. The van der Waals surface area contributed by atoms with Crippen LogP contribution in [-0.4, -0.2) is 16.8 Å². The van der Waals surface area contributed by atoms with Gasteiger partial charge in [0, 0.05) is 0 Å². The van der Waals surface area contributed by atoms with Gasteiger partial charge in [0.25, 0.3) is 0 Å². The molecule has 29 heavy (non-hydrogen) atoms. The van der Waals surface area contributed by atoms with E-state index in [9.17, 15) is 4.79 Å². The van der Waals surface area contributed by atoms with Crippen molar-refractivity contribution in [3.05, 3.63) is 107 Å². The number of carbonyl (C=O) groups is 1. The van der Waals surface area contributed by atoms with E-state index in [0.29, 0.717) is 6.42 Å². The highest BCUT2D eigenvalue weighted by atomic mass is 16.2. The van der Waals surface area contributed by atoms with E-state index in [1.54, 1.807) is 0 Å². The summed E-state index contributed by atoms with van der Waals surface area (Å²) in [6.07, 6.45) is 2.22. The molecule has 0 radical (unpaired) electrons. The molecule has 3 atom stereocenters. The first-order valence-electron chi connectivity index (χ1n) is 10.4. The minimum Gasteiger partial charge on any atom is -0.324 e. The van der Waals surface area contributed by atoms with Gasteiger partial charge in [-0.3, -0.25) is 4.79 Å². The molecule has 0 aliphatic carbocycles. The van der Waals surface area contributed by atoms with E-state index in [1.807, 2.05) is 30.3 Å². The number of fused-ring (bicyclic) bond motifs is 6. The van der Waals surface area contributed by atoms with Gasteiger partial charge < -0.3 is 10.6 Å². The summed E-state index contributed by atoms with van der Waals surface area (Å²) in [7, 11) is 0. The van der Waals surface area contributed by atoms with Crippen LogP contribution in [0, 0.1) is 0 Å². The number of nitrogens with two attached hydrogens (primary N) is 1. The number of nitrogens with zero attached hydrogens (tertiary/aromatic N) is 1. The fraction of sp³-hybridized carbons (Fsp3) is 0.269. The summed E-state index contributed by atoms with van der Waals surface area (Å²) in [5.41, 5.74) is 12.4. The van der Waals surface area contributed by atoms with Crippen LogP contribution in [0.4, 0.5) is 0 Å². The summed E-state index contributed by atoms with van der Waals surface area (Å²) < 4.78 is 0. The molecule has 2 N–H and O–H groups in total. The van der Waals surface area contributed by atoms with Gasteiger partial charge in [-0.2, -0.15) is 0 Å². The second-order valence-corrected chi connectivity index (χ2v) is 8.53. The Morgan fingerprint density at radius 3 is 2.45 bits per heavy atom. The SMILES string of the molecule is CC12Cc3ccccc3CC(c3ccccc31)N2C(=O)[C@@H](N)Cc1ccccc1. The first-order valence-corrected chi connectivity index (χ1v) is 10.4. The lowest BCUT2D eigenvalue weighted by Crippen LogP contribution is -2.52. The molecule has 2 heterocycles. The smallest absolute Gasteiger partial charge is 0.241 e. The molecule has 0 aromatic heterocycles. The van der Waals surface area contributed by atoms with Crippen molar-refractivity contribution >= 4 is 5.91 Å². The van der Waals surface area contributed by atoms with Gasteiger partial charge in [0.1, 0.15) is 0 Å². The van der Waals surface area contributed by atoms with Crippen LogP contribution in [-0.2, 0) is 29.6 Å².